The maximum atomic E-state index is 13.7. The van der Waals surface area contributed by atoms with Crippen LogP contribution < -0.4 is 41.8 Å². The lowest BCUT2D eigenvalue weighted by molar-refractivity contribution is 0.0928. The third-order valence-corrected chi connectivity index (χ3v) is 9.24. The van der Waals surface area contributed by atoms with Crippen molar-refractivity contribution in [2.45, 2.75) is 60.0 Å². The van der Waals surface area contributed by atoms with Crippen molar-refractivity contribution in [3.8, 4) is 11.5 Å². The van der Waals surface area contributed by atoms with Gasteiger partial charge in [0.15, 0.2) is 6.29 Å². The van der Waals surface area contributed by atoms with E-state index in [1.165, 1.54) is 25.3 Å². The molecule has 1 atom stereocenters. The summed E-state index contributed by atoms with van der Waals surface area (Å²) in [6.07, 6.45) is 3.22. The lowest BCUT2D eigenvalue weighted by Crippen LogP contribution is -2.50. The van der Waals surface area contributed by atoms with Crippen LogP contribution in [0.4, 0.5) is 17.3 Å². The zero-order valence-electron chi connectivity index (χ0n) is 32.3. The van der Waals surface area contributed by atoms with Crippen molar-refractivity contribution in [1.29, 1.82) is 0 Å². The van der Waals surface area contributed by atoms with E-state index in [9.17, 15) is 24.3 Å². The molecule has 6 rings (SSSR count). The van der Waals surface area contributed by atoms with E-state index in [4.69, 9.17) is 20.9 Å². The van der Waals surface area contributed by atoms with Crippen molar-refractivity contribution in [2.75, 3.05) is 42.4 Å². The van der Waals surface area contributed by atoms with Gasteiger partial charge in [0.2, 0.25) is 17.8 Å². The fourth-order valence-corrected chi connectivity index (χ4v) is 6.65. The number of rotatable bonds is 17. The normalized spacial score (nSPS) is 13.5. The molecular formula is C38H46N12O7. The van der Waals surface area contributed by atoms with Crippen LogP contribution >= 0.6 is 0 Å². The lowest BCUT2D eigenvalue weighted by Gasteiger charge is -2.27. The monoisotopic (exact) mass is 782 g/mol. The molecule has 0 fully saturated rings. The Kier molecular flexibility index (Phi) is 11.8. The van der Waals surface area contributed by atoms with Gasteiger partial charge in [0.05, 0.1) is 36.3 Å². The number of nitrogens with zero attached hydrogens (tertiary/aromatic N) is 7. The summed E-state index contributed by atoms with van der Waals surface area (Å²) in [7, 11) is 1.46. The van der Waals surface area contributed by atoms with E-state index in [1.807, 2.05) is 30.9 Å². The number of aryl methyl sites for hydroxylation is 4. The zero-order valence-corrected chi connectivity index (χ0v) is 32.3. The smallest absolute Gasteiger partial charge is 0.276 e. The molecule has 1 aliphatic rings. The van der Waals surface area contributed by atoms with Crippen LogP contribution in [0.5, 0.6) is 11.5 Å². The Morgan fingerprint density at radius 2 is 1.49 bits per heavy atom. The first-order valence-electron chi connectivity index (χ1n) is 18.4. The number of hydrogen-bond donors (Lipinski definition) is 6. The molecule has 0 aliphatic carbocycles. The Morgan fingerprint density at radius 3 is 2.11 bits per heavy atom. The Labute approximate surface area is 327 Å². The molecular weight excluding hydrogens is 736 g/mol. The highest BCUT2D eigenvalue weighted by atomic mass is 16.5. The number of carbonyl (C=O) groups excluding carboxylic acids is 4. The molecule has 2 aromatic carbocycles. The van der Waals surface area contributed by atoms with Crippen molar-refractivity contribution in [2.24, 2.45) is 11.5 Å². The van der Waals surface area contributed by atoms with Crippen LogP contribution in [0.15, 0.2) is 48.6 Å². The highest BCUT2D eigenvalue weighted by molar-refractivity contribution is 6.04. The van der Waals surface area contributed by atoms with E-state index in [2.05, 4.69) is 31.1 Å². The van der Waals surface area contributed by atoms with Gasteiger partial charge >= 0.3 is 0 Å². The third-order valence-electron chi connectivity index (χ3n) is 9.24. The van der Waals surface area contributed by atoms with Gasteiger partial charge in [-0.3, -0.25) is 33.9 Å². The molecule has 19 nitrogen and oxygen atoms in total. The molecule has 57 heavy (non-hydrogen) atoms. The number of nitrogens with two attached hydrogens (primary N) is 2. The number of nitrogens with one attached hydrogen (secondary N) is 3. The molecule has 4 amide bonds. The number of imidazole rings is 1. The van der Waals surface area contributed by atoms with E-state index in [0.717, 1.165) is 0 Å². The molecule has 1 aliphatic heterocycles. The third kappa shape index (κ3) is 8.23. The van der Waals surface area contributed by atoms with Crippen LogP contribution in [0.3, 0.4) is 0 Å². The number of anilines is 3. The van der Waals surface area contributed by atoms with Crippen molar-refractivity contribution < 1.29 is 33.8 Å². The number of amides is 4. The van der Waals surface area contributed by atoms with Gasteiger partial charge < -0.3 is 46.1 Å². The number of primary amides is 2. The lowest BCUT2D eigenvalue weighted by atomic mass is 10.1. The van der Waals surface area contributed by atoms with Gasteiger partial charge in [-0.15, -0.1) is 0 Å². The summed E-state index contributed by atoms with van der Waals surface area (Å²) in [6, 6.07) is 9.54. The molecule has 3 aromatic heterocycles. The van der Waals surface area contributed by atoms with Crippen LogP contribution in [-0.4, -0.2) is 91.0 Å². The summed E-state index contributed by atoms with van der Waals surface area (Å²) in [6.45, 7) is 8.75. The molecule has 1 unspecified atom stereocenters. The van der Waals surface area contributed by atoms with Crippen molar-refractivity contribution >= 4 is 52.0 Å². The minimum atomic E-state index is -0.816. The standard InChI is InChI=1S/C38H46N12O7/c1-6-49-27(15-21(3)45-49)35(54)43-37-41-25-17-23(33(39)52)19-29(56-5)31(25)47(37)11-8-9-12-48-32-26(18-24(34(40)53)20-30(32)57-14-10-13-51)42-38(48)44-36(55)28-16-22(4)46-50(28)7-2/h8-9,15-20,38,42,51H,6-7,10-14H2,1-5H3,(H2,39,52)(H2,40,53)(H,44,55)(H,41,43,54)/b9-8+. The first kappa shape index (κ1) is 39.8. The fraction of sp³-hybridized carbons (Fsp3) is 0.342. The number of aliphatic hydroxyl groups excluding tert-OH is 1. The number of benzene rings is 2. The average Bonchev–Trinajstić information content (AvgIpc) is 3.95. The van der Waals surface area contributed by atoms with E-state index in [1.54, 1.807) is 46.0 Å². The van der Waals surface area contributed by atoms with Gasteiger partial charge in [0, 0.05) is 50.3 Å². The largest absolute Gasteiger partial charge is 0.494 e. The van der Waals surface area contributed by atoms with E-state index >= 15 is 0 Å². The molecule has 0 radical (unpaired) electrons. The van der Waals surface area contributed by atoms with Gasteiger partial charge in [0.25, 0.3) is 11.8 Å². The predicted molar refractivity (Wildman–Crippen MR) is 212 cm³/mol. The number of aromatic nitrogens is 6. The maximum absolute atomic E-state index is 13.7. The molecule has 300 valence electrons. The van der Waals surface area contributed by atoms with Crippen molar-refractivity contribution in [1.82, 2.24) is 34.4 Å². The van der Waals surface area contributed by atoms with Crippen molar-refractivity contribution in [3.05, 3.63) is 82.5 Å². The highest BCUT2D eigenvalue weighted by Crippen LogP contribution is 2.43. The quantitative estimate of drug-likeness (QED) is 0.0588. The van der Waals surface area contributed by atoms with Crippen LogP contribution in [-0.2, 0) is 19.6 Å². The Hall–Kier alpha value is -6.89. The fourth-order valence-electron chi connectivity index (χ4n) is 6.65. The van der Waals surface area contributed by atoms with Crippen LogP contribution in [0, 0.1) is 13.8 Å². The van der Waals surface area contributed by atoms with Gasteiger partial charge in [0.1, 0.15) is 34.1 Å². The average molecular weight is 783 g/mol. The molecule has 5 aromatic rings. The zero-order chi connectivity index (χ0) is 41.0. The number of ether oxygens (including phenoxy) is 2. The maximum Gasteiger partial charge on any atom is 0.276 e. The number of fused-ring (bicyclic) bond motifs is 2. The van der Waals surface area contributed by atoms with Gasteiger partial charge in [-0.05, 0) is 64.1 Å². The molecule has 0 bridgehead atoms. The van der Waals surface area contributed by atoms with Crippen LogP contribution in [0.25, 0.3) is 11.0 Å². The summed E-state index contributed by atoms with van der Waals surface area (Å²) in [5.74, 6) is -1.35. The molecule has 8 N–H and O–H groups in total. The van der Waals surface area contributed by atoms with Gasteiger partial charge in [-0.25, -0.2) is 4.98 Å². The Balaban J connectivity index is 1.36. The molecule has 4 heterocycles. The number of methoxy groups -OCH3 is 1. The number of hydrogen-bond acceptors (Lipinski definition) is 12. The second-order valence-corrected chi connectivity index (χ2v) is 13.2. The number of allylic oxidation sites excluding steroid dienone is 1. The minimum absolute atomic E-state index is 0.104. The SMILES string of the molecule is CCn1nc(C)cc1C(=O)Nc1nc2cc(C(N)=O)cc(OC)c2n1C/C=C/CN1c2c(cc(C(N)=O)cc2OCCCO)NC1NC(=O)c1cc(C)nn1CC. The topological polar surface area (TPSA) is 252 Å². The molecule has 19 heteroatoms. The number of aliphatic hydroxyl groups is 1. The second-order valence-electron chi connectivity index (χ2n) is 13.2. The first-order chi connectivity index (χ1) is 27.4. The Bertz CT molecular complexity index is 2380. The summed E-state index contributed by atoms with van der Waals surface area (Å²) >= 11 is 0. The second kappa shape index (κ2) is 16.9. The first-order valence-corrected chi connectivity index (χ1v) is 18.4. The van der Waals surface area contributed by atoms with Gasteiger partial charge in [-0.2, -0.15) is 10.2 Å². The van der Waals surface area contributed by atoms with E-state index < -0.39 is 24.0 Å². The molecule has 0 saturated heterocycles. The van der Waals surface area contributed by atoms with Crippen LogP contribution in [0.2, 0.25) is 0 Å². The van der Waals surface area contributed by atoms with E-state index in [0.29, 0.717) is 76.2 Å². The highest BCUT2D eigenvalue weighted by Gasteiger charge is 2.34. The summed E-state index contributed by atoms with van der Waals surface area (Å²) in [5.41, 5.74) is 15.6. The predicted octanol–water partition coefficient (Wildman–Crippen LogP) is 2.51. The summed E-state index contributed by atoms with van der Waals surface area (Å²) in [5, 5.41) is 27.4. The van der Waals surface area contributed by atoms with Gasteiger partial charge in [-0.1, -0.05) is 12.2 Å². The van der Waals surface area contributed by atoms with Crippen molar-refractivity contribution in [3.63, 3.8) is 0 Å². The minimum Gasteiger partial charge on any atom is -0.494 e. The Morgan fingerprint density at radius 1 is 0.877 bits per heavy atom. The number of carbonyl (C=O) groups is 4. The molecule has 0 spiro atoms. The summed E-state index contributed by atoms with van der Waals surface area (Å²) < 4.78 is 16.7. The molecule has 0 saturated carbocycles. The summed E-state index contributed by atoms with van der Waals surface area (Å²) in [4.78, 5) is 58.3. The van der Waals surface area contributed by atoms with E-state index in [-0.39, 0.29) is 49.3 Å². The van der Waals surface area contributed by atoms with Crippen LogP contribution in [0.1, 0.15) is 73.3 Å².